The van der Waals surface area contributed by atoms with Crippen molar-refractivity contribution in [3.8, 4) is 5.75 Å². The summed E-state index contributed by atoms with van der Waals surface area (Å²) in [6.07, 6.45) is 4.99. The number of pyridine rings is 1. The number of anilines is 1. The lowest BCUT2D eigenvalue weighted by Gasteiger charge is -2.18. The minimum absolute atomic E-state index is 0.884. The highest BCUT2D eigenvalue weighted by molar-refractivity contribution is 6.15. The van der Waals surface area contributed by atoms with E-state index in [0.29, 0.717) is 0 Å². The van der Waals surface area contributed by atoms with Crippen LogP contribution < -0.4 is 10.1 Å². The van der Waals surface area contributed by atoms with Crippen LogP contribution >= 0.6 is 0 Å². The van der Waals surface area contributed by atoms with E-state index in [4.69, 9.17) is 4.74 Å². The fraction of sp³-hybridized carbons (Fsp3) is 0.476. The summed E-state index contributed by atoms with van der Waals surface area (Å²) in [5.74, 6) is 0.884. The lowest BCUT2D eigenvalue weighted by atomic mass is 10.1. The van der Waals surface area contributed by atoms with Gasteiger partial charge in [0.25, 0.3) is 0 Å². The van der Waals surface area contributed by atoms with E-state index < -0.39 is 0 Å². The number of nitrogens with zero attached hydrogens (tertiary/aromatic N) is 3. The molecule has 3 aromatic rings. The highest BCUT2D eigenvalue weighted by atomic mass is 16.5. The number of rotatable bonds is 8. The van der Waals surface area contributed by atoms with E-state index in [2.05, 4.69) is 59.7 Å². The molecular weight excluding hydrogens is 324 g/mol. The maximum Gasteiger partial charge on any atom is 0.142 e. The van der Waals surface area contributed by atoms with E-state index in [1.165, 1.54) is 27.4 Å². The zero-order valence-electron chi connectivity index (χ0n) is 16.6. The monoisotopic (exact) mass is 354 g/mol. The second-order valence-corrected chi connectivity index (χ2v) is 6.76. The van der Waals surface area contributed by atoms with Gasteiger partial charge in [0.2, 0.25) is 0 Å². The third kappa shape index (κ3) is 3.23. The molecule has 0 radical (unpaired) electrons. The molecule has 0 atom stereocenters. The molecule has 2 heterocycles. The van der Waals surface area contributed by atoms with Crippen molar-refractivity contribution in [2.45, 2.75) is 27.2 Å². The van der Waals surface area contributed by atoms with Gasteiger partial charge in [-0.25, -0.2) is 0 Å². The Morgan fingerprint density at radius 1 is 1.19 bits per heavy atom. The molecule has 0 fully saturated rings. The molecule has 0 aliphatic rings. The first-order valence-corrected chi connectivity index (χ1v) is 9.48. The zero-order chi connectivity index (χ0) is 18.7. The highest BCUT2D eigenvalue weighted by Crippen LogP contribution is 2.39. The third-order valence-electron chi connectivity index (χ3n) is 5.28. The molecule has 2 aromatic heterocycles. The minimum atomic E-state index is 0.884. The molecule has 26 heavy (non-hydrogen) atoms. The summed E-state index contributed by atoms with van der Waals surface area (Å²) in [4.78, 5) is 6.87. The summed E-state index contributed by atoms with van der Waals surface area (Å²) in [6.45, 7) is 10.8. The van der Waals surface area contributed by atoms with Crippen LogP contribution in [0.4, 0.5) is 5.69 Å². The predicted molar refractivity (Wildman–Crippen MR) is 110 cm³/mol. The third-order valence-corrected chi connectivity index (χ3v) is 5.28. The minimum Gasteiger partial charge on any atom is -0.495 e. The highest BCUT2D eigenvalue weighted by Gasteiger charge is 2.17. The van der Waals surface area contributed by atoms with Gasteiger partial charge in [0, 0.05) is 36.8 Å². The van der Waals surface area contributed by atoms with Crippen molar-refractivity contribution < 1.29 is 4.74 Å². The van der Waals surface area contributed by atoms with Gasteiger partial charge in [0.05, 0.1) is 23.8 Å². The van der Waals surface area contributed by atoms with Crippen molar-refractivity contribution in [1.82, 2.24) is 14.5 Å². The smallest absolute Gasteiger partial charge is 0.142 e. The van der Waals surface area contributed by atoms with E-state index in [1.54, 1.807) is 7.11 Å². The van der Waals surface area contributed by atoms with Gasteiger partial charge in [-0.3, -0.25) is 4.98 Å². The molecule has 0 aliphatic heterocycles. The van der Waals surface area contributed by atoms with Crippen molar-refractivity contribution >= 4 is 27.5 Å². The maximum absolute atomic E-state index is 5.66. The second-order valence-electron chi connectivity index (χ2n) is 6.76. The molecule has 5 nitrogen and oxygen atoms in total. The fourth-order valence-electron chi connectivity index (χ4n) is 3.83. The quantitative estimate of drug-likeness (QED) is 0.616. The van der Waals surface area contributed by atoms with E-state index in [1.807, 2.05) is 12.4 Å². The Balaban J connectivity index is 1.99. The molecule has 0 unspecified atom stereocenters. The number of benzene rings is 1. The van der Waals surface area contributed by atoms with Crippen LogP contribution in [0.5, 0.6) is 5.75 Å². The number of ether oxygens (including phenoxy) is 1. The number of fused-ring (bicyclic) bond motifs is 3. The summed E-state index contributed by atoms with van der Waals surface area (Å²) in [6, 6.07) is 4.19. The van der Waals surface area contributed by atoms with E-state index >= 15 is 0 Å². The van der Waals surface area contributed by atoms with Crippen molar-refractivity contribution in [2.75, 3.05) is 38.6 Å². The molecule has 0 amide bonds. The van der Waals surface area contributed by atoms with Crippen LogP contribution in [-0.4, -0.2) is 47.7 Å². The molecule has 1 N–H and O–H groups in total. The number of hydrogen-bond donors (Lipinski definition) is 1. The fourth-order valence-corrected chi connectivity index (χ4v) is 3.83. The van der Waals surface area contributed by atoms with Gasteiger partial charge < -0.3 is 19.5 Å². The van der Waals surface area contributed by atoms with Gasteiger partial charge in [-0.05, 0) is 50.7 Å². The molecule has 5 heteroatoms. The standard InChI is InChI=1S/C21H30N4O/c1-6-25(7-2)12-8-11-23-20-18(26-5)10-9-17-19(20)16-14-22-13-15(3)21(16)24(17)4/h9-10,13-14,23H,6-8,11-12H2,1-5H3. The van der Waals surface area contributed by atoms with Crippen molar-refractivity contribution in [3.63, 3.8) is 0 Å². The average Bonchev–Trinajstić information content (AvgIpc) is 2.95. The van der Waals surface area contributed by atoms with Gasteiger partial charge in [0.1, 0.15) is 5.75 Å². The molecule has 1 aromatic carbocycles. The molecule has 0 spiro atoms. The summed E-state index contributed by atoms with van der Waals surface area (Å²) in [5.41, 5.74) is 4.69. The second kappa shape index (κ2) is 7.96. The van der Waals surface area contributed by atoms with E-state index in [9.17, 15) is 0 Å². The van der Waals surface area contributed by atoms with Crippen LogP contribution in [-0.2, 0) is 7.05 Å². The first-order chi connectivity index (χ1) is 12.6. The van der Waals surface area contributed by atoms with Crippen LogP contribution in [0.25, 0.3) is 21.8 Å². The largest absolute Gasteiger partial charge is 0.495 e. The predicted octanol–water partition coefficient (Wildman–Crippen LogP) is 4.19. The number of hydrogen-bond acceptors (Lipinski definition) is 4. The van der Waals surface area contributed by atoms with E-state index in [0.717, 1.165) is 44.0 Å². The Kier molecular flexibility index (Phi) is 5.67. The lowest BCUT2D eigenvalue weighted by Crippen LogP contribution is -2.25. The Labute approximate surface area is 156 Å². The molecular formula is C21H30N4O. The van der Waals surface area contributed by atoms with Gasteiger partial charge in [-0.2, -0.15) is 0 Å². The Hall–Kier alpha value is -2.27. The van der Waals surface area contributed by atoms with Crippen LogP contribution in [0.2, 0.25) is 0 Å². The summed E-state index contributed by atoms with van der Waals surface area (Å²) in [7, 11) is 3.85. The Morgan fingerprint density at radius 3 is 2.65 bits per heavy atom. The summed E-state index contributed by atoms with van der Waals surface area (Å²) >= 11 is 0. The average molecular weight is 354 g/mol. The number of aromatic nitrogens is 2. The maximum atomic E-state index is 5.66. The Morgan fingerprint density at radius 2 is 1.96 bits per heavy atom. The first kappa shape index (κ1) is 18.5. The normalized spacial score (nSPS) is 11.6. The van der Waals surface area contributed by atoms with Gasteiger partial charge in [-0.1, -0.05) is 13.8 Å². The van der Waals surface area contributed by atoms with Crippen molar-refractivity contribution in [1.29, 1.82) is 0 Å². The van der Waals surface area contributed by atoms with Gasteiger partial charge in [0.15, 0.2) is 0 Å². The molecule has 0 saturated carbocycles. The number of methoxy groups -OCH3 is 1. The topological polar surface area (TPSA) is 42.3 Å². The Bertz CT molecular complexity index is 896. The van der Waals surface area contributed by atoms with Crippen molar-refractivity contribution in [3.05, 3.63) is 30.1 Å². The van der Waals surface area contributed by atoms with Gasteiger partial charge >= 0.3 is 0 Å². The van der Waals surface area contributed by atoms with E-state index in [-0.39, 0.29) is 0 Å². The molecule has 0 aliphatic carbocycles. The van der Waals surface area contributed by atoms with Gasteiger partial charge in [-0.15, -0.1) is 0 Å². The first-order valence-electron chi connectivity index (χ1n) is 9.48. The zero-order valence-corrected chi connectivity index (χ0v) is 16.6. The summed E-state index contributed by atoms with van der Waals surface area (Å²) in [5, 5.41) is 6.01. The molecule has 140 valence electrons. The van der Waals surface area contributed by atoms with Crippen molar-refractivity contribution in [2.24, 2.45) is 7.05 Å². The SMILES string of the molecule is CCN(CC)CCCNc1c(OC)ccc2c1c1cncc(C)c1n2C. The number of nitrogens with one attached hydrogen (secondary N) is 1. The molecule has 0 bridgehead atoms. The molecule has 3 rings (SSSR count). The lowest BCUT2D eigenvalue weighted by molar-refractivity contribution is 0.303. The van der Waals surface area contributed by atoms with Crippen LogP contribution in [0.3, 0.4) is 0 Å². The van der Waals surface area contributed by atoms with Crippen LogP contribution in [0.15, 0.2) is 24.5 Å². The number of aryl methyl sites for hydroxylation is 2. The summed E-state index contributed by atoms with van der Waals surface area (Å²) < 4.78 is 7.91. The molecule has 0 saturated heterocycles. The van der Waals surface area contributed by atoms with Crippen LogP contribution in [0, 0.1) is 6.92 Å². The van der Waals surface area contributed by atoms with Crippen LogP contribution in [0.1, 0.15) is 25.8 Å².